The van der Waals surface area contributed by atoms with Gasteiger partial charge in [0.1, 0.15) is 0 Å². The molecule has 1 aromatic carbocycles. The van der Waals surface area contributed by atoms with Crippen LogP contribution in [0.4, 0.5) is 0 Å². The molecule has 0 saturated carbocycles. The SMILES string of the molecule is C=C/C=C/C=C(\N)c1ccc(C)cc1. The average molecular weight is 185 g/mol. The first kappa shape index (κ1) is 10.3. The van der Waals surface area contributed by atoms with Crippen LogP contribution in [0.25, 0.3) is 5.70 Å². The van der Waals surface area contributed by atoms with Crippen molar-refractivity contribution >= 4 is 5.70 Å². The number of allylic oxidation sites excluding steroid dienone is 4. The highest BCUT2D eigenvalue weighted by molar-refractivity contribution is 5.64. The van der Waals surface area contributed by atoms with E-state index in [9.17, 15) is 0 Å². The Morgan fingerprint density at radius 1 is 1.21 bits per heavy atom. The fourth-order valence-electron chi connectivity index (χ4n) is 1.08. The molecule has 0 saturated heterocycles. The van der Waals surface area contributed by atoms with Crippen molar-refractivity contribution < 1.29 is 0 Å². The second kappa shape index (κ2) is 5.07. The van der Waals surface area contributed by atoms with E-state index >= 15 is 0 Å². The molecule has 72 valence electrons. The summed E-state index contributed by atoms with van der Waals surface area (Å²) in [6.45, 7) is 5.64. The first-order valence-electron chi connectivity index (χ1n) is 4.56. The summed E-state index contributed by atoms with van der Waals surface area (Å²) in [6.07, 6.45) is 7.31. The minimum Gasteiger partial charge on any atom is -0.398 e. The van der Waals surface area contributed by atoms with Crippen LogP contribution >= 0.6 is 0 Å². The van der Waals surface area contributed by atoms with Crippen molar-refractivity contribution in [1.82, 2.24) is 0 Å². The van der Waals surface area contributed by atoms with E-state index in [4.69, 9.17) is 5.73 Å². The highest BCUT2D eigenvalue weighted by Gasteiger charge is 1.93. The van der Waals surface area contributed by atoms with E-state index in [1.807, 2.05) is 42.5 Å². The molecule has 1 rings (SSSR count). The van der Waals surface area contributed by atoms with Crippen LogP contribution in [0.5, 0.6) is 0 Å². The Morgan fingerprint density at radius 2 is 1.86 bits per heavy atom. The maximum absolute atomic E-state index is 5.86. The number of benzene rings is 1. The molecule has 0 radical (unpaired) electrons. The van der Waals surface area contributed by atoms with Crippen LogP contribution in [-0.4, -0.2) is 0 Å². The minimum atomic E-state index is 0.767. The van der Waals surface area contributed by atoms with Gasteiger partial charge in [0.15, 0.2) is 0 Å². The highest BCUT2D eigenvalue weighted by Crippen LogP contribution is 2.09. The fraction of sp³-hybridized carbons (Fsp3) is 0.0769. The number of rotatable bonds is 3. The third-order valence-corrected chi connectivity index (χ3v) is 1.91. The minimum absolute atomic E-state index is 0.767. The van der Waals surface area contributed by atoms with Crippen molar-refractivity contribution in [3.63, 3.8) is 0 Å². The van der Waals surface area contributed by atoms with Crippen LogP contribution in [0.15, 0.2) is 55.1 Å². The lowest BCUT2D eigenvalue weighted by Crippen LogP contribution is -1.95. The van der Waals surface area contributed by atoms with Crippen LogP contribution in [0.1, 0.15) is 11.1 Å². The van der Waals surface area contributed by atoms with Crippen molar-refractivity contribution in [3.05, 3.63) is 66.3 Å². The Kier molecular flexibility index (Phi) is 3.74. The Bertz CT molecular complexity index is 355. The Hall–Kier alpha value is -1.76. The predicted molar refractivity (Wildman–Crippen MR) is 62.7 cm³/mol. The van der Waals surface area contributed by atoms with Crippen LogP contribution in [-0.2, 0) is 0 Å². The van der Waals surface area contributed by atoms with Crippen LogP contribution < -0.4 is 5.73 Å². The molecule has 0 unspecified atom stereocenters. The lowest BCUT2D eigenvalue weighted by Gasteiger charge is -2.00. The van der Waals surface area contributed by atoms with Gasteiger partial charge in [0, 0.05) is 5.70 Å². The molecule has 0 aromatic heterocycles. The Labute approximate surface area is 85.3 Å². The standard InChI is InChI=1S/C13H15N/c1-3-4-5-6-13(14)12-9-7-11(2)8-10-12/h3-10H,1,14H2,2H3/b5-4+,13-6-. The van der Waals surface area contributed by atoms with E-state index in [0.29, 0.717) is 0 Å². The van der Waals surface area contributed by atoms with Crippen molar-refractivity contribution in [2.45, 2.75) is 6.92 Å². The predicted octanol–water partition coefficient (Wildman–Crippen LogP) is 3.04. The summed E-state index contributed by atoms with van der Waals surface area (Å²) in [5.74, 6) is 0. The summed E-state index contributed by atoms with van der Waals surface area (Å²) in [5, 5.41) is 0. The lowest BCUT2D eigenvalue weighted by molar-refractivity contribution is 1.43. The largest absolute Gasteiger partial charge is 0.398 e. The number of hydrogen-bond donors (Lipinski definition) is 1. The van der Waals surface area contributed by atoms with Gasteiger partial charge in [-0.25, -0.2) is 0 Å². The summed E-state index contributed by atoms with van der Waals surface area (Å²) in [7, 11) is 0. The van der Waals surface area contributed by atoms with Crippen molar-refractivity contribution in [1.29, 1.82) is 0 Å². The van der Waals surface area contributed by atoms with Crippen LogP contribution in [0.3, 0.4) is 0 Å². The second-order valence-electron chi connectivity index (χ2n) is 3.11. The van der Waals surface area contributed by atoms with Crippen LogP contribution in [0, 0.1) is 6.92 Å². The normalized spacial score (nSPS) is 11.9. The monoisotopic (exact) mass is 185 g/mol. The first-order valence-corrected chi connectivity index (χ1v) is 4.56. The lowest BCUT2D eigenvalue weighted by atomic mass is 10.1. The number of nitrogens with two attached hydrogens (primary N) is 1. The zero-order valence-corrected chi connectivity index (χ0v) is 8.40. The molecule has 0 fully saturated rings. The van der Waals surface area contributed by atoms with Gasteiger partial charge in [0.25, 0.3) is 0 Å². The number of hydrogen-bond acceptors (Lipinski definition) is 1. The van der Waals surface area contributed by atoms with Gasteiger partial charge in [-0.05, 0) is 18.6 Å². The highest BCUT2D eigenvalue weighted by atomic mass is 14.6. The zero-order valence-electron chi connectivity index (χ0n) is 8.40. The Morgan fingerprint density at radius 3 is 2.43 bits per heavy atom. The molecule has 14 heavy (non-hydrogen) atoms. The molecule has 0 amide bonds. The topological polar surface area (TPSA) is 26.0 Å². The average Bonchev–Trinajstić information content (AvgIpc) is 2.19. The van der Waals surface area contributed by atoms with Gasteiger partial charge in [0.2, 0.25) is 0 Å². The molecule has 0 bridgehead atoms. The molecular weight excluding hydrogens is 170 g/mol. The number of aryl methyl sites for hydroxylation is 1. The van der Waals surface area contributed by atoms with Gasteiger partial charge in [-0.1, -0.05) is 54.6 Å². The summed E-state index contributed by atoms with van der Waals surface area (Å²) < 4.78 is 0. The second-order valence-corrected chi connectivity index (χ2v) is 3.11. The molecule has 1 aromatic rings. The van der Waals surface area contributed by atoms with E-state index in [1.54, 1.807) is 6.08 Å². The third-order valence-electron chi connectivity index (χ3n) is 1.91. The molecule has 0 spiro atoms. The van der Waals surface area contributed by atoms with Crippen molar-refractivity contribution in [2.75, 3.05) is 0 Å². The van der Waals surface area contributed by atoms with Gasteiger partial charge >= 0.3 is 0 Å². The first-order chi connectivity index (χ1) is 6.74. The van der Waals surface area contributed by atoms with E-state index in [1.165, 1.54) is 5.56 Å². The molecule has 0 heterocycles. The molecule has 0 aliphatic heterocycles. The molecule has 1 nitrogen and oxygen atoms in total. The molecule has 0 atom stereocenters. The molecule has 0 aliphatic carbocycles. The van der Waals surface area contributed by atoms with Gasteiger partial charge in [-0.3, -0.25) is 0 Å². The summed E-state index contributed by atoms with van der Waals surface area (Å²) >= 11 is 0. The molecular formula is C13H15N. The quantitative estimate of drug-likeness (QED) is 0.720. The van der Waals surface area contributed by atoms with Crippen LogP contribution in [0.2, 0.25) is 0 Å². The fourth-order valence-corrected chi connectivity index (χ4v) is 1.08. The maximum atomic E-state index is 5.86. The summed E-state index contributed by atoms with van der Waals surface area (Å²) in [5.41, 5.74) is 8.91. The molecule has 2 N–H and O–H groups in total. The third kappa shape index (κ3) is 2.94. The van der Waals surface area contributed by atoms with E-state index in [2.05, 4.69) is 13.5 Å². The van der Waals surface area contributed by atoms with Gasteiger partial charge < -0.3 is 5.73 Å². The summed E-state index contributed by atoms with van der Waals surface area (Å²) in [6, 6.07) is 8.13. The molecule has 0 aliphatic rings. The van der Waals surface area contributed by atoms with E-state index < -0.39 is 0 Å². The maximum Gasteiger partial charge on any atom is 0.0387 e. The summed E-state index contributed by atoms with van der Waals surface area (Å²) in [4.78, 5) is 0. The van der Waals surface area contributed by atoms with Gasteiger partial charge in [-0.15, -0.1) is 0 Å². The van der Waals surface area contributed by atoms with E-state index in [0.717, 1.165) is 11.3 Å². The zero-order chi connectivity index (χ0) is 10.4. The van der Waals surface area contributed by atoms with Crippen molar-refractivity contribution in [3.8, 4) is 0 Å². The van der Waals surface area contributed by atoms with Crippen molar-refractivity contribution in [2.24, 2.45) is 5.73 Å². The molecule has 1 heteroatoms. The van der Waals surface area contributed by atoms with Gasteiger partial charge in [0.05, 0.1) is 0 Å². The Balaban J connectivity index is 2.83. The van der Waals surface area contributed by atoms with Gasteiger partial charge in [-0.2, -0.15) is 0 Å². The van der Waals surface area contributed by atoms with E-state index in [-0.39, 0.29) is 0 Å². The smallest absolute Gasteiger partial charge is 0.0387 e.